The van der Waals surface area contributed by atoms with Gasteiger partial charge >= 0.3 is 0 Å². The molecular formula is C18H24N4O3S. The Labute approximate surface area is 153 Å². The summed E-state index contributed by atoms with van der Waals surface area (Å²) in [6.45, 7) is 4.28. The van der Waals surface area contributed by atoms with E-state index in [1.54, 1.807) is 18.4 Å². The summed E-state index contributed by atoms with van der Waals surface area (Å²) in [5.74, 6) is 1.79. The summed E-state index contributed by atoms with van der Waals surface area (Å²) < 4.78 is 30.8. The minimum Gasteiger partial charge on any atom is -0.468 e. The highest BCUT2D eigenvalue weighted by atomic mass is 32.2. The lowest BCUT2D eigenvalue weighted by Gasteiger charge is -2.16. The Morgan fingerprint density at radius 1 is 1.27 bits per heavy atom. The van der Waals surface area contributed by atoms with Gasteiger partial charge in [0.2, 0.25) is 10.0 Å². The molecule has 1 aromatic carbocycles. The smallest absolute Gasteiger partial charge is 0.238 e. The third kappa shape index (κ3) is 4.14. The molecule has 0 aliphatic rings. The first-order valence-corrected chi connectivity index (χ1v) is 10.2. The van der Waals surface area contributed by atoms with Gasteiger partial charge in [0.1, 0.15) is 11.6 Å². The fourth-order valence-corrected chi connectivity index (χ4v) is 3.52. The summed E-state index contributed by atoms with van der Waals surface area (Å²) in [6.07, 6.45) is 3.75. The van der Waals surface area contributed by atoms with Crippen LogP contribution in [0.15, 0.2) is 45.9 Å². The molecule has 26 heavy (non-hydrogen) atoms. The number of aromatic nitrogens is 2. The number of unbranched alkanes of at least 4 members (excludes halogenated alkanes) is 1. The molecule has 3 rings (SSSR count). The van der Waals surface area contributed by atoms with Crippen LogP contribution in [0.25, 0.3) is 11.0 Å². The molecule has 0 saturated carbocycles. The van der Waals surface area contributed by atoms with Crippen molar-refractivity contribution in [2.24, 2.45) is 5.14 Å². The molecule has 2 aromatic heterocycles. The number of hydrogen-bond donors (Lipinski definition) is 1. The first-order chi connectivity index (χ1) is 12.4. The van der Waals surface area contributed by atoms with E-state index in [4.69, 9.17) is 9.56 Å². The van der Waals surface area contributed by atoms with Gasteiger partial charge in [-0.1, -0.05) is 13.3 Å². The number of primary sulfonamides is 1. The van der Waals surface area contributed by atoms with Crippen molar-refractivity contribution in [2.45, 2.75) is 44.3 Å². The molecule has 7 nitrogen and oxygen atoms in total. The number of benzene rings is 1. The highest BCUT2D eigenvalue weighted by molar-refractivity contribution is 7.89. The molecule has 0 bridgehead atoms. The molecule has 0 aliphatic carbocycles. The molecule has 0 aliphatic heterocycles. The number of furan rings is 1. The van der Waals surface area contributed by atoms with Gasteiger partial charge < -0.3 is 8.98 Å². The molecule has 0 saturated heterocycles. The molecule has 0 amide bonds. The Morgan fingerprint density at radius 2 is 2.08 bits per heavy atom. The molecule has 0 atom stereocenters. The summed E-state index contributed by atoms with van der Waals surface area (Å²) in [5, 5.41) is 5.25. The second-order valence-corrected chi connectivity index (χ2v) is 8.04. The van der Waals surface area contributed by atoms with Crippen LogP contribution >= 0.6 is 0 Å². The zero-order valence-corrected chi connectivity index (χ0v) is 15.9. The zero-order valence-electron chi connectivity index (χ0n) is 15.1. The largest absolute Gasteiger partial charge is 0.468 e. The van der Waals surface area contributed by atoms with Gasteiger partial charge in [-0.25, -0.2) is 18.5 Å². The van der Waals surface area contributed by atoms with E-state index in [2.05, 4.69) is 21.4 Å². The molecular weight excluding hydrogens is 352 g/mol. The van der Waals surface area contributed by atoms with Gasteiger partial charge in [-0.2, -0.15) is 0 Å². The van der Waals surface area contributed by atoms with Crippen molar-refractivity contribution < 1.29 is 12.8 Å². The lowest BCUT2D eigenvalue weighted by molar-refractivity contribution is 0.277. The predicted octanol–water partition coefficient (Wildman–Crippen LogP) is 2.71. The van der Waals surface area contributed by atoms with E-state index >= 15 is 0 Å². The molecule has 2 N–H and O–H groups in total. The lowest BCUT2D eigenvalue weighted by atomic mass is 10.3. The maximum Gasteiger partial charge on any atom is 0.238 e. The molecule has 0 fully saturated rings. The number of nitrogens with zero attached hydrogens (tertiary/aromatic N) is 3. The van der Waals surface area contributed by atoms with Crippen LogP contribution < -0.4 is 5.14 Å². The fraction of sp³-hybridized carbons (Fsp3) is 0.389. The van der Waals surface area contributed by atoms with Gasteiger partial charge in [-0.3, -0.25) is 4.90 Å². The molecule has 140 valence electrons. The van der Waals surface area contributed by atoms with Crippen LogP contribution in [0.5, 0.6) is 0 Å². The Hall–Kier alpha value is -2.16. The Balaban J connectivity index is 1.93. The summed E-state index contributed by atoms with van der Waals surface area (Å²) in [4.78, 5) is 6.88. The van der Waals surface area contributed by atoms with Crippen molar-refractivity contribution in [1.82, 2.24) is 14.5 Å². The van der Waals surface area contributed by atoms with Crippen molar-refractivity contribution in [3.8, 4) is 0 Å². The third-order valence-corrected chi connectivity index (χ3v) is 5.19. The van der Waals surface area contributed by atoms with Crippen molar-refractivity contribution in [3.05, 3.63) is 48.2 Å². The van der Waals surface area contributed by atoms with Crippen molar-refractivity contribution >= 4 is 21.1 Å². The van der Waals surface area contributed by atoms with Crippen LogP contribution in [0.3, 0.4) is 0 Å². The maximum absolute atomic E-state index is 11.6. The third-order valence-electron chi connectivity index (χ3n) is 4.28. The molecule has 2 heterocycles. The Bertz CT molecular complexity index is 977. The zero-order chi connectivity index (χ0) is 18.7. The summed E-state index contributed by atoms with van der Waals surface area (Å²) in [6, 6.07) is 8.68. The predicted molar refractivity (Wildman–Crippen MR) is 99.9 cm³/mol. The van der Waals surface area contributed by atoms with Crippen LogP contribution in [0.4, 0.5) is 0 Å². The van der Waals surface area contributed by atoms with E-state index in [1.165, 1.54) is 6.07 Å². The van der Waals surface area contributed by atoms with Crippen LogP contribution in [0, 0.1) is 0 Å². The van der Waals surface area contributed by atoms with E-state index in [-0.39, 0.29) is 4.90 Å². The normalized spacial score (nSPS) is 12.3. The summed E-state index contributed by atoms with van der Waals surface area (Å²) in [7, 11) is -1.74. The average molecular weight is 376 g/mol. The topological polar surface area (TPSA) is 94.4 Å². The molecule has 0 unspecified atom stereocenters. The number of fused-ring (bicyclic) bond motifs is 1. The minimum absolute atomic E-state index is 0.0839. The van der Waals surface area contributed by atoms with Crippen molar-refractivity contribution in [2.75, 3.05) is 7.05 Å². The molecule has 0 spiro atoms. The van der Waals surface area contributed by atoms with Crippen molar-refractivity contribution in [1.29, 1.82) is 0 Å². The average Bonchev–Trinajstić information content (AvgIpc) is 3.19. The van der Waals surface area contributed by atoms with E-state index in [0.717, 1.165) is 36.5 Å². The van der Waals surface area contributed by atoms with Gasteiger partial charge in [0, 0.05) is 6.54 Å². The Morgan fingerprint density at radius 3 is 2.73 bits per heavy atom. The van der Waals surface area contributed by atoms with Gasteiger partial charge in [0.15, 0.2) is 0 Å². The van der Waals surface area contributed by atoms with Gasteiger partial charge in [-0.05, 0) is 43.8 Å². The minimum atomic E-state index is -3.74. The van der Waals surface area contributed by atoms with Crippen LogP contribution in [0.1, 0.15) is 31.4 Å². The highest BCUT2D eigenvalue weighted by Gasteiger charge is 2.16. The van der Waals surface area contributed by atoms with E-state index in [1.807, 2.05) is 19.2 Å². The second-order valence-electron chi connectivity index (χ2n) is 6.48. The standard InChI is InChI=1S/C18H24N4O3S/c1-3-4-9-22-17-8-7-15(26(19,23)24)11-16(17)20-18(22)13-21(2)12-14-6-5-10-25-14/h5-8,10-11H,3-4,9,12-13H2,1-2H3,(H2,19,23,24). The number of aryl methyl sites for hydroxylation is 1. The van der Waals surface area contributed by atoms with Gasteiger partial charge in [0.25, 0.3) is 0 Å². The van der Waals surface area contributed by atoms with E-state index < -0.39 is 10.0 Å². The quantitative estimate of drug-likeness (QED) is 0.652. The van der Waals surface area contributed by atoms with Crippen LogP contribution in [-0.2, 0) is 29.7 Å². The van der Waals surface area contributed by atoms with E-state index in [9.17, 15) is 8.42 Å². The first kappa shape index (κ1) is 18.6. The molecule has 8 heteroatoms. The summed E-state index contributed by atoms with van der Waals surface area (Å²) >= 11 is 0. The number of rotatable bonds is 8. The number of hydrogen-bond acceptors (Lipinski definition) is 5. The van der Waals surface area contributed by atoms with Crippen molar-refractivity contribution in [3.63, 3.8) is 0 Å². The number of nitrogens with two attached hydrogens (primary N) is 1. The maximum atomic E-state index is 11.6. The first-order valence-electron chi connectivity index (χ1n) is 8.61. The SMILES string of the molecule is CCCCn1c(CN(C)Cc2ccco2)nc2cc(S(N)(=O)=O)ccc21. The second kappa shape index (κ2) is 7.61. The summed E-state index contributed by atoms with van der Waals surface area (Å²) in [5.41, 5.74) is 1.57. The molecule has 0 radical (unpaired) electrons. The number of sulfonamides is 1. The van der Waals surface area contributed by atoms with Gasteiger partial charge in [0.05, 0.1) is 35.3 Å². The monoisotopic (exact) mass is 376 g/mol. The van der Waals surface area contributed by atoms with Crippen LogP contribution in [0.2, 0.25) is 0 Å². The number of imidazole rings is 1. The van der Waals surface area contributed by atoms with Gasteiger partial charge in [-0.15, -0.1) is 0 Å². The highest BCUT2D eigenvalue weighted by Crippen LogP contribution is 2.22. The molecule has 3 aromatic rings. The van der Waals surface area contributed by atoms with Crippen LogP contribution in [-0.4, -0.2) is 29.9 Å². The lowest BCUT2D eigenvalue weighted by Crippen LogP contribution is -2.20. The fourth-order valence-electron chi connectivity index (χ4n) is 2.99. The Kier molecular flexibility index (Phi) is 5.45. The van der Waals surface area contributed by atoms with E-state index in [0.29, 0.717) is 18.6 Å².